The Labute approximate surface area is 159 Å². The Kier molecular flexibility index (Phi) is 5.25. The Balaban J connectivity index is 2.26. The number of ether oxygens (including phenoxy) is 1. The smallest absolute Gasteiger partial charge is 0.165 e. The Morgan fingerprint density at radius 2 is 1.78 bits per heavy atom. The van der Waals surface area contributed by atoms with Crippen molar-refractivity contribution >= 4 is 17.6 Å². The molecule has 3 rings (SSSR count). The number of benzene rings is 2. The molecule has 0 aliphatic carbocycles. The second kappa shape index (κ2) is 7.77. The van der Waals surface area contributed by atoms with Gasteiger partial charge in [0, 0.05) is 10.5 Å². The summed E-state index contributed by atoms with van der Waals surface area (Å²) in [5, 5.41) is 19.7. The van der Waals surface area contributed by atoms with Gasteiger partial charge in [0.2, 0.25) is 0 Å². The second-order valence-electron chi connectivity index (χ2n) is 5.42. The van der Waals surface area contributed by atoms with E-state index in [0.29, 0.717) is 16.2 Å². The van der Waals surface area contributed by atoms with Crippen molar-refractivity contribution in [2.45, 2.75) is 9.92 Å². The number of nitrogen functional groups attached to an aromatic ring is 1. The van der Waals surface area contributed by atoms with Crippen LogP contribution in [0.2, 0.25) is 0 Å². The van der Waals surface area contributed by atoms with Crippen LogP contribution < -0.4 is 10.5 Å². The highest BCUT2D eigenvalue weighted by Crippen LogP contribution is 2.39. The molecule has 0 unspecified atom stereocenters. The van der Waals surface area contributed by atoms with Crippen LogP contribution in [0.5, 0.6) is 5.75 Å². The summed E-state index contributed by atoms with van der Waals surface area (Å²) in [6, 6.07) is 17.6. The standard InChI is InChI=1S/C20H13FN4OS/c1-26-17-9-12(7-8-16(17)21)18-14(10-22)19(24)25-20(15(18)11-23)27-13-5-3-2-4-6-13/h2-9H,1H3,(H2,24,25). The van der Waals surface area contributed by atoms with Gasteiger partial charge in [0.1, 0.15) is 28.5 Å². The summed E-state index contributed by atoms with van der Waals surface area (Å²) in [5.74, 6) is -0.527. The predicted octanol–water partition coefficient (Wildman–Crippen LogP) is 4.37. The number of halogens is 1. The Bertz CT molecular complexity index is 1090. The van der Waals surface area contributed by atoms with Gasteiger partial charge in [0.25, 0.3) is 0 Å². The number of hydrogen-bond donors (Lipinski definition) is 1. The SMILES string of the molecule is COc1cc(-c2c(C#N)c(N)nc(Sc3ccccc3)c2C#N)ccc1F. The first-order valence-electron chi connectivity index (χ1n) is 7.79. The van der Waals surface area contributed by atoms with Crippen molar-refractivity contribution in [1.29, 1.82) is 10.5 Å². The first-order chi connectivity index (χ1) is 13.1. The normalized spacial score (nSPS) is 10.1. The maximum absolute atomic E-state index is 13.8. The molecule has 0 aliphatic heterocycles. The number of pyridine rings is 1. The van der Waals surface area contributed by atoms with E-state index in [-0.39, 0.29) is 22.7 Å². The highest BCUT2D eigenvalue weighted by molar-refractivity contribution is 7.99. The molecule has 2 N–H and O–H groups in total. The molecule has 1 aromatic heterocycles. The minimum absolute atomic E-state index is 0.00734. The van der Waals surface area contributed by atoms with Gasteiger partial charge in [-0.3, -0.25) is 0 Å². The van der Waals surface area contributed by atoms with E-state index >= 15 is 0 Å². The third-order valence-electron chi connectivity index (χ3n) is 3.81. The molecular formula is C20H13FN4OS. The van der Waals surface area contributed by atoms with Crippen molar-refractivity contribution in [2.75, 3.05) is 12.8 Å². The zero-order valence-corrected chi connectivity index (χ0v) is 15.0. The van der Waals surface area contributed by atoms with Gasteiger partial charge in [-0.25, -0.2) is 9.37 Å². The maximum atomic E-state index is 13.8. The number of nitrogens with zero attached hydrogens (tertiary/aromatic N) is 3. The number of rotatable bonds is 4. The van der Waals surface area contributed by atoms with E-state index in [1.54, 1.807) is 0 Å². The molecule has 7 heteroatoms. The van der Waals surface area contributed by atoms with Gasteiger partial charge in [-0.1, -0.05) is 36.0 Å². The van der Waals surface area contributed by atoms with Gasteiger partial charge < -0.3 is 10.5 Å². The van der Waals surface area contributed by atoms with Gasteiger partial charge in [0.05, 0.1) is 12.7 Å². The van der Waals surface area contributed by atoms with Crippen molar-refractivity contribution in [2.24, 2.45) is 0 Å². The van der Waals surface area contributed by atoms with E-state index in [4.69, 9.17) is 10.5 Å². The van der Waals surface area contributed by atoms with Crippen molar-refractivity contribution in [1.82, 2.24) is 4.98 Å². The molecule has 3 aromatic rings. The van der Waals surface area contributed by atoms with Crippen molar-refractivity contribution in [3.05, 3.63) is 65.5 Å². The van der Waals surface area contributed by atoms with E-state index in [0.717, 1.165) is 4.90 Å². The number of anilines is 1. The van der Waals surface area contributed by atoms with Crippen LogP contribution in [0.4, 0.5) is 10.2 Å². The second-order valence-corrected chi connectivity index (χ2v) is 6.48. The van der Waals surface area contributed by atoms with E-state index in [9.17, 15) is 14.9 Å². The summed E-state index contributed by atoms with van der Waals surface area (Å²) < 4.78 is 18.8. The van der Waals surface area contributed by atoms with Gasteiger partial charge in [-0.05, 0) is 29.8 Å². The van der Waals surface area contributed by atoms with Crippen LogP contribution in [0.3, 0.4) is 0 Å². The zero-order chi connectivity index (χ0) is 19.4. The fraction of sp³-hybridized carbons (Fsp3) is 0.0500. The zero-order valence-electron chi connectivity index (χ0n) is 14.2. The molecule has 0 spiro atoms. The van der Waals surface area contributed by atoms with Gasteiger partial charge in [-0.2, -0.15) is 10.5 Å². The lowest BCUT2D eigenvalue weighted by atomic mass is 9.96. The molecule has 5 nitrogen and oxygen atoms in total. The van der Waals surface area contributed by atoms with Crippen LogP contribution in [0.25, 0.3) is 11.1 Å². The quantitative estimate of drug-likeness (QED) is 0.726. The minimum Gasteiger partial charge on any atom is -0.494 e. The summed E-state index contributed by atoms with van der Waals surface area (Å²) in [6.45, 7) is 0. The van der Waals surface area contributed by atoms with Crippen LogP contribution in [0, 0.1) is 28.5 Å². The summed E-state index contributed by atoms with van der Waals surface area (Å²) >= 11 is 1.27. The molecule has 0 fully saturated rings. The van der Waals surface area contributed by atoms with Crippen LogP contribution in [0.1, 0.15) is 11.1 Å². The number of aromatic nitrogens is 1. The minimum atomic E-state index is -0.542. The van der Waals surface area contributed by atoms with E-state index < -0.39 is 5.82 Å². The molecule has 132 valence electrons. The molecular weight excluding hydrogens is 363 g/mol. The van der Waals surface area contributed by atoms with Gasteiger partial charge in [0.15, 0.2) is 11.6 Å². The Morgan fingerprint density at radius 3 is 2.41 bits per heavy atom. The molecule has 1 heterocycles. The number of nitrogens with two attached hydrogens (primary N) is 1. The van der Waals surface area contributed by atoms with Gasteiger partial charge >= 0.3 is 0 Å². The highest BCUT2D eigenvalue weighted by atomic mass is 32.2. The predicted molar refractivity (Wildman–Crippen MR) is 101 cm³/mol. The highest BCUT2D eigenvalue weighted by Gasteiger charge is 2.21. The average Bonchev–Trinajstić information content (AvgIpc) is 2.69. The van der Waals surface area contributed by atoms with E-state index in [1.807, 2.05) is 36.4 Å². The first kappa shape index (κ1) is 18.2. The van der Waals surface area contributed by atoms with Crippen LogP contribution in [-0.2, 0) is 0 Å². The van der Waals surface area contributed by atoms with Crippen molar-refractivity contribution in [3.63, 3.8) is 0 Å². The lowest BCUT2D eigenvalue weighted by Gasteiger charge is -2.14. The topological polar surface area (TPSA) is 95.7 Å². The molecule has 0 saturated heterocycles. The molecule has 0 radical (unpaired) electrons. The lowest BCUT2D eigenvalue weighted by molar-refractivity contribution is 0.387. The summed E-state index contributed by atoms with van der Waals surface area (Å²) in [5.41, 5.74) is 7.01. The molecule has 0 bridgehead atoms. The van der Waals surface area contributed by atoms with Gasteiger partial charge in [-0.15, -0.1) is 0 Å². The molecule has 0 amide bonds. The third-order valence-corrected chi connectivity index (χ3v) is 4.81. The third kappa shape index (κ3) is 3.55. The van der Waals surface area contributed by atoms with Crippen molar-refractivity contribution in [3.8, 4) is 29.0 Å². The molecule has 0 atom stereocenters. The molecule has 0 saturated carbocycles. The number of nitriles is 2. The van der Waals surface area contributed by atoms with E-state index in [2.05, 4.69) is 11.1 Å². The van der Waals surface area contributed by atoms with Crippen LogP contribution in [0.15, 0.2) is 58.5 Å². The average molecular weight is 376 g/mol. The first-order valence-corrected chi connectivity index (χ1v) is 8.61. The molecule has 27 heavy (non-hydrogen) atoms. The lowest BCUT2D eigenvalue weighted by Crippen LogP contribution is -2.03. The van der Waals surface area contributed by atoms with Crippen LogP contribution in [-0.4, -0.2) is 12.1 Å². The summed E-state index contributed by atoms with van der Waals surface area (Å²) in [7, 11) is 1.34. The Morgan fingerprint density at radius 1 is 1.07 bits per heavy atom. The molecule has 2 aromatic carbocycles. The maximum Gasteiger partial charge on any atom is 0.165 e. The summed E-state index contributed by atoms with van der Waals surface area (Å²) in [6.07, 6.45) is 0. The number of methoxy groups -OCH3 is 1. The fourth-order valence-corrected chi connectivity index (χ4v) is 3.49. The van der Waals surface area contributed by atoms with Crippen molar-refractivity contribution < 1.29 is 9.13 Å². The largest absolute Gasteiger partial charge is 0.494 e. The fourth-order valence-electron chi connectivity index (χ4n) is 2.58. The Hall–Kier alpha value is -3.55. The number of hydrogen-bond acceptors (Lipinski definition) is 6. The monoisotopic (exact) mass is 376 g/mol. The van der Waals surface area contributed by atoms with Crippen LogP contribution >= 0.6 is 11.8 Å². The summed E-state index contributed by atoms with van der Waals surface area (Å²) in [4.78, 5) is 5.12. The molecule has 0 aliphatic rings. The van der Waals surface area contributed by atoms with E-state index in [1.165, 1.54) is 37.1 Å².